The van der Waals surface area contributed by atoms with Crippen molar-refractivity contribution in [3.8, 4) is 16.9 Å². The molecule has 1 heterocycles. The highest BCUT2D eigenvalue weighted by Gasteiger charge is 2.28. The molecular formula is C23H15N3O5. The molecule has 0 spiro atoms. The van der Waals surface area contributed by atoms with E-state index in [1.807, 2.05) is 36.2 Å². The van der Waals surface area contributed by atoms with E-state index in [-0.39, 0.29) is 11.4 Å². The Bertz CT molecular complexity index is 1280. The Balaban J connectivity index is 1.66. The first-order valence-electron chi connectivity index (χ1n) is 9.44. The van der Waals surface area contributed by atoms with Gasteiger partial charge in [-0.05, 0) is 64.2 Å². The van der Waals surface area contributed by atoms with Gasteiger partial charge in [-0.1, -0.05) is 12.1 Å². The van der Waals surface area contributed by atoms with Crippen LogP contribution >= 0.6 is 0 Å². The highest BCUT2D eigenvalue weighted by molar-refractivity contribution is 6.02. The van der Waals surface area contributed by atoms with Crippen LogP contribution in [0.3, 0.4) is 0 Å². The third-order valence-corrected chi connectivity index (χ3v) is 5.46. The fraction of sp³-hybridized carbons (Fsp3) is 0.0435. The molecule has 152 valence electrons. The highest BCUT2D eigenvalue weighted by atomic mass is 16.6. The molecule has 8 nitrogen and oxygen atoms in total. The number of fused-ring (bicyclic) bond motifs is 4. The standard InChI is InChI=1S/C23H15N3O5/c1-24-21-4-2-3-5-22(21)31-23(24)11-10-18-19-12-14(25(27)28)6-8-16(19)17-9-7-15(26(29)30)13-20(17)18/h2-13H,1H3/b23-11+. The van der Waals surface area contributed by atoms with Crippen LogP contribution in [-0.4, -0.2) is 16.9 Å². The molecule has 8 heteroatoms. The lowest BCUT2D eigenvalue weighted by Gasteiger charge is -2.10. The summed E-state index contributed by atoms with van der Waals surface area (Å²) in [7, 11) is 1.88. The number of nitro groups is 2. The molecule has 0 aromatic heterocycles. The van der Waals surface area contributed by atoms with E-state index in [1.165, 1.54) is 24.3 Å². The van der Waals surface area contributed by atoms with Gasteiger partial charge in [0.2, 0.25) is 0 Å². The fourth-order valence-corrected chi connectivity index (χ4v) is 3.95. The Hall–Kier alpha value is -4.46. The monoisotopic (exact) mass is 413 g/mol. The topological polar surface area (TPSA) is 98.8 Å². The van der Waals surface area contributed by atoms with Crippen molar-refractivity contribution < 1.29 is 14.6 Å². The molecular weight excluding hydrogens is 398 g/mol. The summed E-state index contributed by atoms with van der Waals surface area (Å²) in [6, 6.07) is 16.9. The van der Waals surface area contributed by atoms with E-state index in [2.05, 4.69) is 0 Å². The second kappa shape index (κ2) is 6.81. The molecule has 3 aromatic carbocycles. The molecule has 1 aliphatic heterocycles. The lowest BCUT2D eigenvalue weighted by molar-refractivity contribution is -0.385. The van der Waals surface area contributed by atoms with Crippen molar-refractivity contribution >= 4 is 22.6 Å². The first-order valence-corrected chi connectivity index (χ1v) is 9.44. The van der Waals surface area contributed by atoms with Crippen molar-refractivity contribution in [1.82, 2.24) is 0 Å². The van der Waals surface area contributed by atoms with Crippen molar-refractivity contribution in [1.29, 1.82) is 0 Å². The molecule has 5 rings (SSSR count). The van der Waals surface area contributed by atoms with Crippen molar-refractivity contribution in [2.24, 2.45) is 0 Å². The molecule has 0 bridgehead atoms. The Kier molecular flexibility index (Phi) is 4.07. The second-order valence-corrected chi connectivity index (χ2v) is 7.19. The number of benzene rings is 3. The number of anilines is 1. The molecule has 0 N–H and O–H groups in total. The number of hydrogen-bond acceptors (Lipinski definition) is 6. The molecule has 2 aliphatic rings. The van der Waals surface area contributed by atoms with Crippen LogP contribution in [-0.2, 0) is 0 Å². The van der Waals surface area contributed by atoms with Gasteiger partial charge in [0, 0.05) is 31.3 Å². The van der Waals surface area contributed by atoms with Gasteiger partial charge in [-0.3, -0.25) is 20.2 Å². The number of para-hydroxylation sites is 2. The van der Waals surface area contributed by atoms with Crippen LogP contribution in [0.25, 0.3) is 16.7 Å². The Morgan fingerprint density at radius 2 is 1.39 bits per heavy atom. The fourth-order valence-electron chi connectivity index (χ4n) is 3.95. The second-order valence-electron chi connectivity index (χ2n) is 7.19. The number of nitro benzene ring substituents is 2. The minimum absolute atomic E-state index is 0.0405. The zero-order chi connectivity index (χ0) is 21.7. The van der Waals surface area contributed by atoms with E-state index in [0.29, 0.717) is 22.6 Å². The quantitative estimate of drug-likeness (QED) is 0.334. The van der Waals surface area contributed by atoms with Crippen LogP contribution < -0.4 is 9.64 Å². The molecule has 0 unspecified atom stereocenters. The van der Waals surface area contributed by atoms with Gasteiger partial charge in [-0.2, -0.15) is 0 Å². The molecule has 0 fully saturated rings. The van der Waals surface area contributed by atoms with Gasteiger partial charge < -0.3 is 9.64 Å². The largest absolute Gasteiger partial charge is 0.439 e. The minimum Gasteiger partial charge on any atom is -0.439 e. The molecule has 0 amide bonds. The van der Waals surface area contributed by atoms with E-state index in [0.717, 1.165) is 22.6 Å². The van der Waals surface area contributed by atoms with Gasteiger partial charge in [-0.15, -0.1) is 0 Å². The number of allylic oxidation sites excluding steroid dienone is 2. The predicted molar refractivity (Wildman–Crippen MR) is 116 cm³/mol. The molecule has 1 aliphatic carbocycles. The van der Waals surface area contributed by atoms with Crippen molar-refractivity contribution in [3.63, 3.8) is 0 Å². The first-order chi connectivity index (χ1) is 14.9. The lowest BCUT2D eigenvalue weighted by atomic mass is 10.0. The van der Waals surface area contributed by atoms with Crippen LogP contribution in [0.5, 0.6) is 5.75 Å². The SMILES string of the molecule is CN1/C(=C\C=C2c3cc([N+](=O)[O-])ccc3-c3ccc([N+](=O)[O-])cc32)Oc2ccccc21. The van der Waals surface area contributed by atoms with Crippen LogP contribution in [0.2, 0.25) is 0 Å². The van der Waals surface area contributed by atoms with Gasteiger partial charge in [0.15, 0.2) is 11.6 Å². The molecule has 0 saturated carbocycles. The van der Waals surface area contributed by atoms with Gasteiger partial charge in [0.25, 0.3) is 11.4 Å². The number of rotatable bonds is 3. The van der Waals surface area contributed by atoms with Gasteiger partial charge in [-0.25, -0.2) is 0 Å². The Morgan fingerprint density at radius 1 is 0.806 bits per heavy atom. The molecule has 0 saturated heterocycles. The van der Waals surface area contributed by atoms with Crippen LogP contribution in [0.4, 0.5) is 17.1 Å². The number of nitrogens with zero attached hydrogens (tertiary/aromatic N) is 3. The number of ether oxygens (including phenoxy) is 1. The van der Waals surface area contributed by atoms with E-state index < -0.39 is 9.85 Å². The van der Waals surface area contributed by atoms with Gasteiger partial charge in [0.05, 0.1) is 15.5 Å². The van der Waals surface area contributed by atoms with E-state index in [1.54, 1.807) is 24.3 Å². The maximum atomic E-state index is 11.3. The Labute approximate surface area is 176 Å². The summed E-state index contributed by atoms with van der Waals surface area (Å²) < 4.78 is 5.90. The first kappa shape index (κ1) is 18.6. The van der Waals surface area contributed by atoms with Crippen molar-refractivity contribution in [3.05, 3.63) is 110 Å². The smallest absolute Gasteiger partial charge is 0.270 e. The molecule has 3 aromatic rings. The summed E-state index contributed by atoms with van der Waals surface area (Å²) in [6.07, 6.45) is 3.56. The zero-order valence-electron chi connectivity index (χ0n) is 16.3. The lowest BCUT2D eigenvalue weighted by Crippen LogP contribution is -2.12. The maximum Gasteiger partial charge on any atom is 0.270 e. The summed E-state index contributed by atoms with van der Waals surface area (Å²) in [6.45, 7) is 0. The molecule has 0 radical (unpaired) electrons. The van der Waals surface area contributed by atoms with Crippen molar-refractivity contribution in [2.75, 3.05) is 11.9 Å². The van der Waals surface area contributed by atoms with Crippen LogP contribution in [0, 0.1) is 20.2 Å². The average Bonchev–Trinajstić information content (AvgIpc) is 3.25. The summed E-state index contributed by atoms with van der Waals surface area (Å²) in [5, 5.41) is 22.6. The predicted octanol–water partition coefficient (Wildman–Crippen LogP) is 5.29. The van der Waals surface area contributed by atoms with Crippen LogP contribution in [0.15, 0.2) is 78.7 Å². The third-order valence-electron chi connectivity index (χ3n) is 5.46. The summed E-state index contributed by atoms with van der Waals surface area (Å²) in [5.74, 6) is 1.31. The number of non-ortho nitro benzene ring substituents is 2. The normalized spacial score (nSPS) is 14.7. The van der Waals surface area contributed by atoms with Crippen LogP contribution in [0.1, 0.15) is 11.1 Å². The third kappa shape index (κ3) is 2.93. The summed E-state index contributed by atoms with van der Waals surface area (Å²) in [5.41, 5.74) is 4.40. The van der Waals surface area contributed by atoms with E-state index in [9.17, 15) is 20.2 Å². The van der Waals surface area contributed by atoms with E-state index in [4.69, 9.17) is 4.74 Å². The number of hydrogen-bond donors (Lipinski definition) is 0. The summed E-state index contributed by atoms with van der Waals surface area (Å²) in [4.78, 5) is 23.6. The van der Waals surface area contributed by atoms with Crippen molar-refractivity contribution in [2.45, 2.75) is 0 Å². The average molecular weight is 413 g/mol. The zero-order valence-corrected chi connectivity index (χ0v) is 16.3. The molecule has 31 heavy (non-hydrogen) atoms. The van der Waals surface area contributed by atoms with Gasteiger partial charge in [0.1, 0.15) is 0 Å². The maximum absolute atomic E-state index is 11.3. The van der Waals surface area contributed by atoms with Gasteiger partial charge >= 0.3 is 0 Å². The Morgan fingerprint density at radius 3 is 1.94 bits per heavy atom. The highest BCUT2D eigenvalue weighted by Crippen LogP contribution is 2.47. The molecule has 0 atom stereocenters. The minimum atomic E-state index is -0.452. The van der Waals surface area contributed by atoms with E-state index >= 15 is 0 Å². The summed E-state index contributed by atoms with van der Waals surface area (Å²) >= 11 is 0.